The van der Waals surface area contributed by atoms with Crippen molar-refractivity contribution in [1.29, 1.82) is 0 Å². The summed E-state index contributed by atoms with van der Waals surface area (Å²) in [4.78, 5) is 23.0. The predicted octanol–water partition coefficient (Wildman–Crippen LogP) is 5.04. The van der Waals surface area contributed by atoms with Gasteiger partial charge in [-0.2, -0.15) is 13.2 Å². The number of benzene rings is 1. The molecule has 0 saturated heterocycles. The molecule has 2 N–H and O–H groups in total. The third-order valence-electron chi connectivity index (χ3n) is 4.47. The van der Waals surface area contributed by atoms with E-state index in [4.69, 9.17) is 0 Å². The Morgan fingerprint density at radius 3 is 2.66 bits per heavy atom. The third-order valence-corrected chi connectivity index (χ3v) is 4.47. The normalized spacial score (nSPS) is 11.1. The number of aromatic nitrogens is 4. The molecule has 166 valence electrons. The first-order valence-electron chi connectivity index (χ1n) is 9.38. The van der Waals surface area contributed by atoms with E-state index in [9.17, 15) is 18.0 Å². The average Bonchev–Trinajstić information content (AvgIpc) is 3.17. The van der Waals surface area contributed by atoms with Crippen LogP contribution in [0.5, 0.6) is 0 Å². The third kappa shape index (κ3) is 4.80. The van der Waals surface area contributed by atoms with Gasteiger partial charge in [0.15, 0.2) is 0 Å². The highest BCUT2D eigenvalue weighted by Gasteiger charge is 2.34. The van der Waals surface area contributed by atoms with Crippen LogP contribution in [0, 0.1) is 0 Å². The van der Waals surface area contributed by atoms with Crippen LogP contribution >= 0.6 is 12.4 Å². The SMILES string of the molecule is CCNC(=O)Nc1cccc(-c2cnc3cc(-c4ccnc(C(F)(F)F)n4)ccn23)c1.Cl. The second-order valence-electron chi connectivity index (χ2n) is 6.62. The first-order chi connectivity index (χ1) is 14.8. The van der Waals surface area contributed by atoms with Gasteiger partial charge in [-0.1, -0.05) is 12.1 Å². The first-order valence-corrected chi connectivity index (χ1v) is 9.38. The molecule has 0 aliphatic carbocycles. The Labute approximate surface area is 187 Å². The van der Waals surface area contributed by atoms with Crippen molar-refractivity contribution in [3.05, 3.63) is 66.9 Å². The summed E-state index contributed by atoms with van der Waals surface area (Å²) in [6, 6.07) is 11.7. The maximum absolute atomic E-state index is 12.9. The number of nitrogens with zero attached hydrogens (tertiary/aromatic N) is 4. The Kier molecular flexibility index (Phi) is 6.64. The molecule has 0 bridgehead atoms. The molecule has 7 nitrogen and oxygen atoms in total. The molecule has 3 aromatic heterocycles. The summed E-state index contributed by atoms with van der Waals surface area (Å²) in [5, 5.41) is 5.42. The van der Waals surface area contributed by atoms with Crippen molar-refractivity contribution in [2.75, 3.05) is 11.9 Å². The van der Waals surface area contributed by atoms with Gasteiger partial charge < -0.3 is 10.6 Å². The van der Waals surface area contributed by atoms with Crippen LogP contribution in [-0.4, -0.2) is 31.9 Å². The minimum Gasteiger partial charge on any atom is -0.338 e. The number of amides is 2. The predicted molar refractivity (Wildman–Crippen MR) is 117 cm³/mol. The second-order valence-corrected chi connectivity index (χ2v) is 6.62. The number of carbonyl (C=O) groups is 1. The molecule has 4 aromatic rings. The van der Waals surface area contributed by atoms with E-state index in [0.717, 1.165) is 17.5 Å². The second kappa shape index (κ2) is 9.23. The summed E-state index contributed by atoms with van der Waals surface area (Å²) >= 11 is 0. The highest BCUT2D eigenvalue weighted by atomic mass is 35.5. The van der Waals surface area contributed by atoms with Crippen molar-refractivity contribution in [1.82, 2.24) is 24.7 Å². The van der Waals surface area contributed by atoms with Crippen LogP contribution in [0.4, 0.5) is 23.7 Å². The molecule has 0 radical (unpaired) electrons. The summed E-state index contributed by atoms with van der Waals surface area (Å²) in [5.74, 6) is -1.19. The standard InChI is InChI=1S/C21H17F3N6O.ClH/c1-2-25-20(31)28-15-5-3-4-14(10-15)17-12-27-18-11-13(7-9-30(17)18)16-6-8-26-19(29-16)21(22,23)24;/h3-12H,2H2,1H3,(H2,25,28,31);1H. The van der Waals surface area contributed by atoms with Crippen LogP contribution in [0.3, 0.4) is 0 Å². The Morgan fingerprint density at radius 1 is 1.09 bits per heavy atom. The molecule has 0 saturated carbocycles. The van der Waals surface area contributed by atoms with Gasteiger partial charge in [0.2, 0.25) is 5.82 Å². The topological polar surface area (TPSA) is 84.2 Å². The molecule has 0 aliphatic heterocycles. The Balaban J connectivity index is 0.00000289. The van der Waals surface area contributed by atoms with E-state index in [1.165, 1.54) is 6.07 Å². The number of alkyl halides is 3. The number of pyridine rings is 1. The van der Waals surface area contributed by atoms with Crippen molar-refractivity contribution >= 4 is 29.8 Å². The Hall–Kier alpha value is -3.66. The number of anilines is 1. The summed E-state index contributed by atoms with van der Waals surface area (Å²) in [6.07, 6.45) is -0.162. The van der Waals surface area contributed by atoms with E-state index in [-0.39, 0.29) is 24.1 Å². The van der Waals surface area contributed by atoms with Gasteiger partial charge in [0.25, 0.3) is 0 Å². The number of hydrogen-bond donors (Lipinski definition) is 2. The number of urea groups is 1. The molecule has 32 heavy (non-hydrogen) atoms. The van der Waals surface area contributed by atoms with E-state index in [1.807, 2.05) is 25.1 Å². The lowest BCUT2D eigenvalue weighted by Crippen LogP contribution is -2.28. The quantitative estimate of drug-likeness (QED) is 0.445. The van der Waals surface area contributed by atoms with Crippen LogP contribution < -0.4 is 10.6 Å². The van der Waals surface area contributed by atoms with E-state index < -0.39 is 12.0 Å². The molecule has 4 rings (SSSR count). The summed E-state index contributed by atoms with van der Waals surface area (Å²) in [5.41, 5.74) is 3.39. The highest BCUT2D eigenvalue weighted by molar-refractivity contribution is 5.90. The van der Waals surface area contributed by atoms with Gasteiger partial charge >= 0.3 is 12.2 Å². The van der Waals surface area contributed by atoms with Crippen LogP contribution in [-0.2, 0) is 6.18 Å². The first kappa shape index (κ1) is 23.0. The van der Waals surface area contributed by atoms with Gasteiger partial charge in [0, 0.05) is 35.8 Å². The molecular formula is C21H18ClF3N6O. The van der Waals surface area contributed by atoms with Crippen LogP contribution in [0.1, 0.15) is 12.7 Å². The number of carbonyl (C=O) groups excluding carboxylic acids is 1. The number of rotatable bonds is 4. The van der Waals surface area contributed by atoms with Gasteiger partial charge in [-0.3, -0.25) is 4.40 Å². The number of halogens is 4. The molecular weight excluding hydrogens is 445 g/mol. The van der Waals surface area contributed by atoms with Gasteiger partial charge in [-0.05, 0) is 37.3 Å². The maximum atomic E-state index is 12.9. The molecule has 0 fully saturated rings. The number of nitrogens with one attached hydrogen (secondary N) is 2. The molecule has 0 unspecified atom stereocenters. The molecule has 1 aromatic carbocycles. The fraction of sp³-hybridized carbons (Fsp3) is 0.143. The zero-order valence-corrected chi connectivity index (χ0v) is 17.5. The zero-order valence-electron chi connectivity index (χ0n) is 16.7. The van der Waals surface area contributed by atoms with E-state index in [0.29, 0.717) is 23.4 Å². The average molecular weight is 463 g/mol. The largest absolute Gasteiger partial charge is 0.451 e. The highest BCUT2D eigenvalue weighted by Crippen LogP contribution is 2.29. The van der Waals surface area contributed by atoms with Crippen LogP contribution in [0.2, 0.25) is 0 Å². The van der Waals surface area contributed by atoms with Gasteiger partial charge in [-0.15, -0.1) is 12.4 Å². The maximum Gasteiger partial charge on any atom is 0.451 e. The number of fused-ring (bicyclic) bond motifs is 1. The number of imidazole rings is 1. The number of hydrogen-bond acceptors (Lipinski definition) is 4. The summed E-state index contributed by atoms with van der Waals surface area (Å²) in [6.45, 7) is 2.34. The summed E-state index contributed by atoms with van der Waals surface area (Å²) < 4.78 is 40.5. The Morgan fingerprint density at radius 2 is 1.91 bits per heavy atom. The van der Waals surface area contributed by atoms with Crippen molar-refractivity contribution in [2.45, 2.75) is 13.1 Å². The molecule has 3 heterocycles. The lowest BCUT2D eigenvalue weighted by molar-refractivity contribution is -0.144. The molecule has 0 spiro atoms. The van der Waals surface area contributed by atoms with Crippen LogP contribution in [0.15, 0.2) is 61.1 Å². The van der Waals surface area contributed by atoms with E-state index in [1.54, 1.807) is 35.0 Å². The lowest BCUT2D eigenvalue weighted by atomic mass is 10.1. The van der Waals surface area contributed by atoms with Crippen molar-refractivity contribution < 1.29 is 18.0 Å². The monoisotopic (exact) mass is 462 g/mol. The van der Waals surface area contributed by atoms with Crippen molar-refractivity contribution in [3.8, 4) is 22.5 Å². The molecule has 0 atom stereocenters. The van der Waals surface area contributed by atoms with Crippen molar-refractivity contribution in [3.63, 3.8) is 0 Å². The zero-order chi connectivity index (χ0) is 22.0. The van der Waals surface area contributed by atoms with E-state index in [2.05, 4.69) is 25.6 Å². The van der Waals surface area contributed by atoms with Crippen molar-refractivity contribution in [2.24, 2.45) is 0 Å². The molecule has 2 amide bonds. The fourth-order valence-electron chi connectivity index (χ4n) is 3.10. The smallest absolute Gasteiger partial charge is 0.338 e. The summed E-state index contributed by atoms with van der Waals surface area (Å²) in [7, 11) is 0. The Bertz CT molecular complexity index is 1260. The molecule has 0 aliphatic rings. The minimum atomic E-state index is -4.62. The molecule has 11 heteroatoms. The van der Waals surface area contributed by atoms with Crippen LogP contribution in [0.25, 0.3) is 28.2 Å². The lowest BCUT2D eigenvalue weighted by Gasteiger charge is -2.09. The van der Waals surface area contributed by atoms with Gasteiger partial charge in [-0.25, -0.2) is 19.7 Å². The van der Waals surface area contributed by atoms with Gasteiger partial charge in [0.05, 0.1) is 17.6 Å². The minimum absolute atomic E-state index is 0. The fourth-order valence-corrected chi connectivity index (χ4v) is 3.10. The van der Waals surface area contributed by atoms with E-state index >= 15 is 0 Å². The van der Waals surface area contributed by atoms with Gasteiger partial charge in [0.1, 0.15) is 5.65 Å².